The van der Waals surface area contributed by atoms with Crippen LogP contribution in [0.5, 0.6) is 0 Å². The Morgan fingerprint density at radius 1 is 1.14 bits per heavy atom. The predicted octanol–water partition coefficient (Wildman–Crippen LogP) is 4.88. The van der Waals surface area contributed by atoms with E-state index in [1.807, 2.05) is 30.5 Å². The minimum Gasteiger partial charge on any atom is -0.361 e. The summed E-state index contributed by atoms with van der Waals surface area (Å²) in [4.78, 5) is 13.9. The normalized spacial score (nSPS) is 12.5. The summed E-state index contributed by atoms with van der Waals surface area (Å²) in [6.45, 7) is -0.233. The van der Waals surface area contributed by atoms with E-state index in [1.165, 1.54) is 0 Å². The fourth-order valence-electron chi connectivity index (χ4n) is 2.68. The molecule has 1 aromatic heterocycles. The molecule has 3 aromatic rings. The average molecular weight is 335 g/mol. The molecule has 112 valence electrons. The van der Waals surface area contributed by atoms with Gasteiger partial charge in [-0.3, -0.25) is 10.1 Å². The first-order chi connectivity index (χ1) is 10.6. The van der Waals surface area contributed by atoms with Gasteiger partial charge in [-0.15, -0.1) is 0 Å². The molecule has 6 heteroatoms. The van der Waals surface area contributed by atoms with Crippen LogP contribution in [0.4, 0.5) is 0 Å². The number of benzene rings is 2. The number of nitrogens with zero attached hydrogens (tertiary/aromatic N) is 1. The third-order valence-corrected chi connectivity index (χ3v) is 4.23. The van der Waals surface area contributed by atoms with E-state index in [0.29, 0.717) is 15.6 Å². The third-order valence-electron chi connectivity index (χ3n) is 3.67. The lowest BCUT2D eigenvalue weighted by atomic mass is 9.91. The van der Waals surface area contributed by atoms with E-state index < -0.39 is 5.92 Å². The number of hydrogen-bond acceptors (Lipinski definition) is 2. The van der Waals surface area contributed by atoms with Crippen molar-refractivity contribution in [1.29, 1.82) is 0 Å². The highest BCUT2D eigenvalue weighted by atomic mass is 35.5. The zero-order chi connectivity index (χ0) is 15.7. The van der Waals surface area contributed by atoms with Crippen LogP contribution in [0.15, 0.2) is 48.7 Å². The molecule has 0 aliphatic carbocycles. The first-order valence-corrected chi connectivity index (χ1v) is 7.44. The van der Waals surface area contributed by atoms with Crippen molar-refractivity contribution in [3.8, 4) is 0 Å². The summed E-state index contributed by atoms with van der Waals surface area (Å²) in [5.74, 6) is -0.434. The fourth-order valence-corrected chi connectivity index (χ4v) is 3.22. The molecular weight excluding hydrogens is 323 g/mol. The van der Waals surface area contributed by atoms with Gasteiger partial charge < -0.3 is 4.98 Å². The van der Waals surface area contributed by atoms with E-state index in [4.69, 9.17) is 23.2 Å². The predicted molar refractivity (Wildman–Crippen MR) is 88.5 cm³/mol. The maximum absolute atomic E-state index is 11.1. The Balaban J connectivity index is 2.16. The number of aromatic nitrogens is 1. The third kappa shape index (κ3) is 2.80. The minimum absolute atomic E-state index is 0.233. The maximum Gasteiger partial charge on any atom is 0.214 e. The first kappa shape index (κ1) is 14.9. The second kappa shape index (κ2) is 5.99. The van der Waals surface area contributed by atoms with Gasteiger partial charge in [0, 0.05) is 32.1 Å². The summed E-state index contributed by atoms with van der Waals surface area (Å²) in [5.41, 5.74) is 2.50. The van der Waals surface area contributed by atoms with E-state index in [-0.39, 0.29) is 11.5 Å². The van der Waals surface area contributed by atoms with Gasteiger partial charge in [-0.1, -0.05) is 47.5 Å². The fraction of sp³-hybridized carbons (Fsp3) is 0.125. The van der Waals surface area contributed by atoms with Crippen molar-refractivity contribution in [3.05, 3.63) is 79.9 Å². The van der Waals surface area contributed by atoms with E-state index in [1.54, 1.807) is 18.2 Å². The molecule has 0 bridgehead atoms. The molecule has 0 unspecified atom stereocenters. The van der Waals surface area contributed by atoms with Crippen molar-refractivity contribution in [2.24, 2.45) is 0 Å². The van der Waals surface area contributed by atoms with Crippen LogP contribution in [0.25, 0.3) is 10.9 Å². The summed E-state index contributed by atoms with van der Waals surface area (Å²) < 4.78 is 0. The number of aromatic amines is 1. The second-order valence-corrected chi connectivity index (χ2v) is 5.87. The second-order valence-electron chi connectivity index (χ2n) is 5.02. The molecule has 2 aromatic carbocycles. The molecule has 1 atom stereocenters. The van der Waals surface area contributed by atoms with Crippen LogP contribution in [0, 0.1) is 10.1 Å². The highest BCUT2D eigenvalue weighted by Gasteiger charge is 2.25. The summed E-state index contributed by atoms with van der Waals surface area (Å²) >= 11 is 12.2. The SMILES string of the molecule is O=[N+]([O-])C[C@H](c1ccc(Cl)cc1Cl)c1c[nH]c2ccccc12. The van der Waals surface area contributed by atoms with Gasteiger partial charge in [0.25, 0.3) is 0 Å². The number of nitrogens with one attached hydrogen (secondary N) is 1. The van der Waals surface area contributed by atoms with Gasteiger partial charge >= 0.3 is 0 Å². The Bertz CT molecular complexity index is 845. The number of hydrogen-bond donors (Lipinski definition) is 1. The monoisotopic (exact) mass is 334 g/mol. The zero-order valence-corrected chi connectivity index (χ0v) is 12.9. The lowest BCUT2D eigenvalue weighted by Crippen LogP contribution is -2.14. The summed E-state index contributed by atoms with van der Waals surface area (Å²) in [6, 6.07) is 12.8. The van der Waals surface area contributed by atoms with Crippen LogP contribution in [0.2, 0.25) is 10.0 Å². The lowest BCUT2D eigenvalue weighted by Gasteiger charge is -2.15. The molecule has 0 saturated heterocycles. The van der Waals surface area contributed by atoms with Crippen molar-refractivity contribution in [1.82, 2.24) is 4.98 Å². The quantitative estimate of drug-likeness (QED) is 0.545. The molecular formula is C16H12Cl2N2O2. The van der Waals surface area contributed by atoms with Gasteiger partial charge in [0.2, 0.25) is 6.54 Å². The molecule has 1 N–H and O–H groups in total. The van der Waals surface area contributed by atoms with Crippen molar-refractivity contribution in [2.45, 2.75) is 5.92 Å². The summed E-state index contributed by atoms with van der Waals surface area (Å²) in [6.07, 6.45) is 1.81. The highest BCUT2D eigenvalue weighted by Crippen LogP contribution is 2.35. The highest BCUT2D eigenvalue weighted by molar-refractivity contribution is 6.35. The van der Waals surface area contributed by atoms with Crippen LogP contribution in [0.3, 0.4) is 0 Å². The van der Waals surface area contributed by atoms with Gasteiger partial charge in [-0.2, -0.15) is 0 Å². The van der Waals surface area contributed by atoms with E-state index >= 15 is 0 Å². The molecule has 1 heterocycles. The van der Waals surface area contributed by atoms with Gasteiger partial charge in [-0.05, 0) is 29.3 Å². The molecule has 4 nitrogen and oxygen atoms in total. The van der Waals surface area contributed by atoms with Gasteiger partial charge in [0.15, 0.2) is 0 Å². The molecule has 0 radical (unpaired) electrons. The number of fused-ring (bicyclic) bond motifs is 1. The molecule has 0 spiro atoms. The largest absolute Gasteiger partial charge is 0.361 e. The number of para-hydroxylation sites is 1. The zero-order valence-electron chi connectivity index (χ0n) is 11.4. The van der Waals surface area contributed by atoms with Crippen LogP contribution in [-0.2, 0) is 0 Å². The van der Waals surface area contributed by atoms with Crippen LogP contribution in [-0.4, -0.2) is 16.5 Å². The van der Waals surface area contributed by atoms with Crippen molar-refractivity contribution >= 4 is 34.1 Å². The molecule has 0 saturated carbocycles. The molecule has 0 fully saturated rings. The van der Waals surface area contributed by atoms with Crippen LogP contribution < -0.4 is 0 Å². The topological polar surface area (TPSA) is 58.9 Å². The van der Waals surface area contributed by atoms with Crippen LogP contribution in [0.1, 0.15) is 17.0 Å². The van der Waals surface area contributed by atoms with E-state index in [2.05, 4.69) is 4.98 Å². The van der Waals surface area contributed by atoms with Gasteiger partial charge in [0.05, 0.1) is 5.92 Å². The Hall–Kier alpha value is -2.04. The Morgan fingerprint density at radius 3 is 2.64 bits per heavy atom. The van der Waals surface area contributed by atoms with Crippen molar-refractivity contribution < 1.29 is 4.92 Å². The number of rotatable bonds is 4. The minimum atomic E-state index is -0.434. The average Bonchev–Trinajstić information content (AvgIpc) is 2.89. The summed E-state index contributed by atoms with van der Waals surface area (Å²) in [7, 11) is 0. The lowest BCUT2D eigenvalue weighted by molar-refractivity contribution is -0.481. The van der Waals surface area contributed by atoms with Gasteiger partial charge in [-0.25, -0.2) is 0 Å². The van der Waals surface area contributed by atoms with Gasteiger partial charge in [0.1, 0.15) is 0 Å². The van der Waals surface area contributed by atoms with Crippen LogP contribution >= 0.6 is 23.2 Å². The molecule has 0 amide bonds. The standard InChI is InChI=1S/C16H12Cl2N2O2/c17-10-5-6-11(15(18)7-10)14(9-20(21)22)13-8-19-16-4-2-1-3-12(13)16/h1-8,14,19H,9H2/t14-/m1/s1. The summed E-state index contributed by atoms with van der Waals surface area (Å²) in [5, 5.41) is 13.0. The van der Waals surface area contributed by atoms with Crippen molar-refractivity contribution in [3.63, 3.8) is 0 Å². The smallest absolute Gasteiger partial charge is 0.214 e. The van der Waals surface area contributed by atoms with Crippen molar-refractivity contribution in [2.75, 3.05) is 6.54 Å². The molecule has 0 aliphatic rings. The Labute approximate surface area is 136 Å². The number of H-pyrrole nitrogens is 1. The molecule has 3 rings (SSSR count). The Morgan fingerprint density at radius 2 is 1.91 bits per heavy atom. The number of halogens is 2. The van der Waals surface area contributed by atoms with E-state index in [9.17, 15) is 10.1 Å². The van der Waals surface area contributed by atoms with E-state index in [0.717, 1.165) is 16.5 Å². The first-order valence-electron chi connectivity index (χ1n) is 6.69. The maximum atomic E-state index is 11.1. The molecule has 22 heavy (non-hydrogen) atoms. The number of nitro groups is 1. The Kier molecular flexibility index (Phi) is 4.05. The molecule has 0 aliphatic heterocycles.